The number of benzene rings is 2. The zero-order chi connectivity index (χ0) is 17.4. The molecule has 1 saturated heterocycles. The number of aromatic hydroxyl groups is 1. The number of ether oxygens (including phenoxy) is 1. The van der Waals surface area contributed by atoms with Crippen molar-refractivity contribution in [2.24, 2.45) is 5.73 Å². The third-order valence-corrected chi connectivity index (χ3v) is 3.91. The lowest BCUT2D eigenvalue weighted by Crippen LogP contribution is -2.37. The molecule has 0 amide bonds. The highest BCUT2D eigenvalue weighted by Crippen LogP contribution is 2.28. The molecule has 24 heavy (non-hydrogen) atoms. The summed E-state index contributed by atoms with van der Waals surface area (Å²) in [6.07, 6.45) is 1.11. The first-order valence-electron chi connectivity index (χ1n) is 8.07. The summed E-state index contributed by atoms with van der Waals surface area (Å²) >= 11 is 0. The number of rotatable bonds is 4. The van der Waals surface area contributed by atoms with Crippen LogP contribution in [-0.2, 0) is 4.74 Å². The van der Waals surface area contributed by atoms with Gasteiger partial charge >= 0.3 is 5.97 Å². The Kier molecular flexibility index (Phi) is 6.99. The van der Waals surface area contributed by atoms with Gasteiger partial charge in [0.25, 0.3) is 0 Å². The fourth-order valence-corrected chi connectivity index (χ4v) is 2.57. The highest BCUT2D eigenvalue weighted by atomic mass is 16.5. The number of carboxylic acid groups (broad SMARTS) is 1. The second-order valence-electron chi connectivity index (χ2n) is 5.58. The number of phenols is 1. The Hall–Kier alpha value is -2.15. The van der Waals surface area contributed by atoms with E-state index in [9.17, 15) is 9.90 Å². The summed E-state index contributed by atoms with van der Waals surface area (Å²) in [5.41, 5.74) is 5.32. The molecule has 2 aromatic carbocycles. The maximum atomic E-state index is 10.7. The summed E-state index contributed by atoms with van der Waals surface area (Å²) in [5, 5.41) is 19.8. The highest BCUT2D eigenvalue weighted by Gasteiger charge is 2.11. The number of carboxylic acids is 1. The van der Waals surface area contributed by atoms with Crippen molar-refractivity contribution in [3.63, 3.8) is 0 Å². The number of hydrogen-bond donors (Lipinski definition) is 3. The van der Waals surface area contributed by atoms with Gasteiger partial charge in [0.15, 0.2) is 0 Å². The van der Waals surface area contributed by atoms with Gasteiger partial charge in [-0.15, -0.1) is 0 Å². The molecule has 0 radical (unpaired) electrons. The van der Waals surface area contributed by atoms with Crippen molar-refractivity contribution in [3.05, 3.63) is 42.0 Å². The number of hydrogen-bond acceptors (Lipinski definition) is 5. The predicted octanol–water partition coefficient (Wildman–Crippen LogP) is 1.91. The molecule has 4 N–H and O–H groups in total. The normalized spacial score (nSPS) is 14.9. The molecule has 0 aliphatic carbocycles. The van der Waals surface area contributed by atoms with Crippen LogP contribution in [-0.4, -0.2) is 60.5 Å². The molecule has 0 bridgehead atoms. The van der Waals surface area contributed by atoms with E-state index >= 15 is 0 Å². The van der Waals surface area contributed by atoms with E-state index in [-0.39, 0.29) is 11.3 Å². The number of carbonyl (C=O) groups is 1. The SMILES string of the molecule is NCCCN1CCOCC1.O=C(O)c1ccc2ccccc2c1O. The lowest BCUT2D eigenvalue weighted by atomic mass is 10.1. The molecule has 2 aromatic rings. The van der Waals surface area contributed by atoms with Crippen LogP contribution in [0.3, 0.4) is 0 Å². The van der Waals surface area contributed by atoms with Crippen LogP contribution in [0.2, 0.25) is 0 Å². The van der Waals surface area contributed by atoms with Gasteiger partial charge in [0, 0.05) is 18.5 Å². The van der Waals surface area contributed by atoms with Gasteiger partial charge in [-0.05, 0) is 31.0 Å². The van der Waals surface area contributed by atoms with Crippen LogP contribution in [0.1, 0.15) is 16.8 Å². The van der Waals surface area contributed by atoms with Crippen molar-refractivity contribution in [1.29, 1.82) is 0 Å². The predicted molar refractivity (Wildman–Crippen MR) is 93.5 cm³/mol. The Balaban J connectivity index is 0.000000185. The van der Waals surface area contributed by atoms with Crippen molar-refractivity contribution >= 4 is 16.7 Å². The van der Waals surface area contributed by atoms with Crippen molar-refractivity contribution < 1.29 is 19.7 Å². The van der Waals surface area contributed by atoms with Crippen molar-refractivity contribution in [3.8, 4) is 5.75 Å². The largest absolute Gasteiger partial charge is 0.506 e. The Labute approximate surface area is 141 Å². The topological polar surface area (TPSA) is 96.0 Å². The van der Waals surface area contributed by atoms with E-state index in [4.69, 9.17) is 15.6 Å². The number of nitrogens with two attached hydrogens (primary N) is 1. The maximum Gasteiger partial charge on any atom is 0.339 e. The van der Waals surface area contributed by atoms with Gasteiger partial charge in [-0.25, -0.2) is 4.79 Å². The minimum atomic E-state index is -1.12. The standard InChI is InChI=1S/C11H8O3.C7H16N2O/c12-10-8-4-2-1-3-7(8)5-6-9(10)11(13)14;8-2-1-3-9-4-6-10-7-5-9/h1-6,12H,(H,13,14);1-8H2. The number of fused-ring (bicyclic) bond motifs is 1. The van der Waals surface area contributed by atoms with Gasteiger partial charge in [0.1, 0.15) is 11.3 Å². The minimum absolute atomic E-state index is 0.0660. The molecule has 0 saturated carbocycles. The lowest BCUT2D eigenvalue weighted by Gasteiger charge is -2.26. The van der Waals surface area contributed by atoms with Gasteiger partial charge in [0.2, 0.25) is 0 Å². The molecular weight excluding hydrogens is 308 g/mol. The van der Waals surface area contributed by atoms with Gasteiger partial charge in [-0.2, -0.15) is 0 Å². The van der Waals surface area contributed by atoms with Crippen LogP contribution in [0.4, 0.5) is 0 Å². The first-order chi connectivity index (χ1) is 11.6. The fraction of sp³-hybridized carbons (Fsp3) is 0.389. The van der Waals surface area contributed by atoms with Crippen LogP contribution >= 0.6 is 0 Å². The lowest BCUT2D eigenvalue weighted by molar-refractivity contribution is 0.0377. The average Bonchev–Trinajstić information content (AvgIpc) is 2.61. The van der Waals surface area contributed by atoms with E-state index in [1.165, 1.54) is 6.07 Å². The molecule has 1 aliphatic heterocycles. The molecular formula is C18H24N2O4. The summed E-state index contributed by atoms with van der Waals surface area (Å²) < 4.78 is 5.21. The first kappa shape index (κ1) is 18.2. The Morgan fingerprint density at radius 2 is 1.88 bits per heavy atom. The Bertz CT molecular complexity index is 669. The van der Waals surface area contributed by atoms with Gasteiger partial charge in [-0.3, -0.25) is 4.90 Å². The van der Waals surface area contributed by atoms with E-state index < -0.39 is 5.97 Å². The maximum absolute atomic E-state index is 10.7. The molecule has 0 spiro atoms. The van der Waals surface area contributed by atoms with Gasteiger partial charge < -0.3 is 20.7 Å². The van der Waals surface area contributed by atoms with E-state index in [1.807, 2.05) is 12.1 Å². The zero-order valence-corrected chi connectivity index (χ0v) is 13.6. The van der Waals surface area contributed by atoms with Crippen LogP contribution in [0.5, 0.6) is 5.75 Å². The summed E-state index contributed by atoms with van der Waals surface area (Å²) in [7, 11) is 0. The molecule has 6 nitrogen and oxygen atoms in total. The van der Waals surface area contributed by atoms with Crippen LogP contribution in [0.15, 0.2) is 36.4 Å². The van der Waals surface area contributed by atoms with Gasteiger partial charge in [0.05, 0.1) is 13.2 Å². The minimum Gasteiger partial charge on any atom is -0.506 e. The Morgan fingerprint density at radius 3 is 2.54 bits per heavy atom. The molecule has 0 aromatic heterocycles. The van der Waals surface area contributed by atoms with Crippen LogP contribution < -0.4 is 5.73 Å². The third-order valence-electron chi connectivity index (χ3n) is 3.91. The number of nitrogens with zero attached hydrogens (tertiary/aromatic N) is 1. The smallest absolute Gasteiger partial charge is 0.339 e. The van der Waals surface area contributed by atoms with Crippen molar-refractivity contribution in [2.75, 3.05) is 39.4 Å². The fourth-order valence-electron chi connectivity index (χ4n) is 2.57. The molecule has 0 unspecified atom stereocenters. The molecule has 1 fully saturated rings. The molecule has 130 valence electrons. The van der Waals surface area contributed by atoms with Gasteiger partial charge in [-0.1, -0.05) is 30.3 Å². The van der Waals surface area contributed by atoms with E-state index in [2.05, 4.69) is 4.90 Å². The quantitative estimate of drug-likeness (QED) is 0.791. The number of morpholine rings is 1. The van der Waals surface area contributed by atoms with E-state index in [1.54, 1.807) is 18.2 Å². The molecule has 1 heterocycles. The number of aromatic carboxylic acids is 1. The highest BCUT2D eigenvalue weighted by molar-refractivity contribution is 6.00. The molecule has 0 atom stereocenters. The van der Waals surface area contributed by atoms with Crippen molar-refractivity contribution in [2.45, 2.75) is 6.42 Å². The first-order valence-corrected chi connectivity index (χ1v) is 8.07. The summed E-state index contributed by atoms with van der Waals surface area (Å²) in [6.45, 7) is 5.90. The summed E-state index contributed by atoms with van der Waals surface area (Å²) in [5.74, 6) is -1.29. The average molecular weight is 332 g/mol. The van der Waals surface area contributed by atoms with Crippen LogP contribution in [0, 0.1) is 0 Å². The molecule has 3 rings (SSSR count). The van der Waals surface area contributed by atoms with Crippen molar-refractivity contribution in [1.82, 2.24) is 4.90 Å². The van der Waals surface area contributed by atoms with E-state index in [0.29, 0.717) is 5.39 Å². The molecule has 1 aliphatic rings. The monoisotopic (exact) mass is 332 g/mol. The second kappa shape index (κ2) is 9.22. The zero-order valence-electron chi connectivity index (χ0n) is 13.6. The Morgan fingerprint density at radius 1 is 1.17 bits per heavy atom. The summed E-state index contributed by atoms with van der Waals surface area (Å²) in [4.78, 5) is 13.1. The summed E-state index contributed by atoms with van der Waals surface area (Å²) in [6, 6.07) is 10.2. The third kappa shape index (κ3) is 4.92. The van der Waals surface area contributed by atoms with Crippen LogP contribution in [0.25, 0.3) is 10.8 Å². The second-order valence-corrected chi connectivity index (χ2v) is 5.58. The molecule has 6 heteroatoms. The van der Waals surface area contributed by atoms with E-state index in [0.717, 1.165) is 51.2 Å².